The lowest BCUT2D eigenvalue weighted by Gasteiger charge is -2.30. The minimum Gasteiger partial charge on any atom is -0.392 e. The number of likely N-dealkylation sites (tertiary alicyclic amines) is 1. The van der Waals surface area contributed by atoms with Crippen molar-refractivity contribution in [3.63, 3.8) is 0 Å². The van der Waals surface area contributed by atoms with Gasteiger partial charge in [0.05, 0.1) is 17.9 Å². The largest absolute Gasteiger partial charge is 0.392 e. The van der Waals surface area contributed by atoms with Crippen LogP contribution in [0.1, 0.15) is 18.9 Å². The first-order valence-electron chi connectivity index (χ1n) is 9.24. The Balaban J connectivity index is 1.81. The fourth-order valence-electron chi connectivity index (χ4n) is 4.77. The van der Waals surface area contributed by atoms with E-state index in [-0.39, 0.29) is 12.5 Å². The second-order valence-corrected chi connectivity index (χ2v) is 7.98. The molecule has 0 radical (unpaired) electrons. The number of methoxy groups -OCH3 is 1. The lowest BCUT2D eigenvalue weighted by Crippen LogP contribution is -2.54. The quantitative estimate of drug-likeness (QED) is 0.484. The molecule has 3 N–H and O–H groups in total. The van der Waals surface area contributed by atoms with E-state index in [1.54, 1.807) is 32.2 Å². The van der Waals surface area contributed by atoms with E-state index in [1.807, 2.05) is 0 Å². The number of aliphatic hydroxyl groups is 1. The van der Waals surface area contributed by atoms with Gasteiger partial charge in [-0.3, -0.25) is 24.6 Å². The molecule has 1 aromatic rings. The van der Waals surface area contributed by atoms with E-state index in [9.17, 15) is 19.5 Å². The van der Waals surface area contributed by atoms with Crippen LogP contribution in [-0.2, 0) is 24.7 Å². The monoisotopic (exact) mass is 407 g/mol. The summed E-state index contributed by atoms with van der Waals surface area (Å²) in [5.41, 5.74) is -0.358. The van der Waals surface area contributed by atoms with Gasteiger partial charge in [0.25, 0.3) is 0 Å². The normalized spacial score (nSPS) is 32.1. The summed E-state index contributed by atoms with van der Waals surface area (Å²) in [4.78, 5) is 40.7. The van der Waals surface area contributed by atoms with Crippen molar-refractivity contribution < 1.29 is 24.2 Å². The minimum absolute atomic E-state index is 0.213. The zero-order valence-electron chi connectivity index (χ0n) is 15.6. The number of amides is 3. The van der Waals surface area contributed by atoms with E-state index in [2.05, 4.69) is 10.6 Å². The number of hydrogen-bond donors (Lipinski definition) is 3. The first kappa shape index (κ1) is 19.3. The highest BCUT2D eigenvalue weighted by Crippen LogP contribution is 2.53. The molecule has 0 unspecified atom stereocenters. The molecule has 3 aliphatic heterocycles. The molecule has 0 bridgehead atoms. The molecule has 1 aromatic carbocycles. The zero-order chi connectivity index (χ0) is 20.2. The van der Waals surface area contributed by atoms with Crippen molar-refractivity contribution in [1.82, 2.24) is 10.2 Å². The number of ether oxygens (including phenoxy) is 1. The van der Waals surface area contributed by atoms with Crippen molar-refractivity contribution >= 4 is 35.0 Å². The maximum Gasteiger partial charge on any atom is 0.250 e. The number of imide groups is 1. The zero-order valence-corrected chi connectivity index (χ0v) is 16.3. The summed E-state index contributed by atoms with van der Waals surface area (Å²) in [6, 6.07) is 4.23. The number of nitrogens with zero attached hydrogens (tertiary/aromatic N) is 1. The van der Waals surface area contributed by atoms with Crippen LogP contribution in [0.4, 0.5) is 5.69 Å². The summed E-state index contributed by atoms with van der Waals surface area (Å²) >= 11 is 6.16. The number of aliphatic hydroxyl groups excluding tert-OH is 1. The van der Waals surface area contributed by atoms with Crippen molar-refractivity contribution in [2.75, 3.05) is 25.6 Å². The number of carbonyl (C=O) groups is 3. The SMILES string of the molecule is COCCCN1C(=O)[C@@H]2[C@H]([C@H](C)O)N[C@]3(C(=O)Nc4ccc(Cl)cc43)[C@@H]2C1=O. The molecule has 0 saturated carbocycles. The molecular weight excluding hydrogens is 386 g/mol. The Labute approximate surface area is 167 Å². The molecule has 3 aliphatic rings. The number of benzene rings is 1. The van der Waals surface area contributed by atoms with Crippen LogP contribution in [0.2, 0.25) is 5.02 Å². The molecule has 3 amide bonds. The Bertz CT molecular complexity index is 860. The van der Waals surface area contributed by atoms with Gasteiger partial charge in [-0.15, -0.1) is 0 Å². The van der Waals surface area contributed by atoms with E-state index in [4.69, 9.17) is 16.3 Å². The van der Waals surface area contributed by atoms with Crippen LogP contribution in [0.3, 0.4) is 0 Å². The van der Waals surface area contributed by atoms with Crippen molar-refractivity contribution in [3.8, 4) is 0 Å². The van der Waals surface area contributed by atoms with E-state index in [0.717, 1.165) is 0 Å². The highest BCUT2D eigenvalue weighted by molar-refractivity contribution is 6.31. The van der Waals surface area contributed by atoms with Gasteiger partial charge in [-0.25, -0.2) is 0 Å². The Hall–Kier alpha value is -2.00. The fraction of sp³-hybridized carbons (Fsp3) is 0.526. The van der Waals surface area contributed by atoms with Crippen molar-refractivity contribution in [2.45, 2.75) is 31.0 Å². The van der Waals surface area contributed by atoms with E-state index in [0.29, 0.717) is 29.3 Å². The molecule has 8 nitrogen and oxygen atoms in total. The van der Waals surface area contributed by atoms with Crippen LogP contribution < -0.4 is 10.6 Å². The number of fused-ring (bicyclic) bond motifs is 4. The Morgan fingerprint density at radius 3 is 2.75 bits per heavy atom. The van der Waals surface area contributed by atoms with Gasteiger partial charge in [0.15, 0.2) is 0 Å². The number of anilines is 1. The highest BCUT2D eigenvalue weighted by atomic mass is 35.5. The van der Waals surface area contributed by atoms with Gasteiger partial charge in [0.1, 0.15) is 5.54 Å². The van der Waals surface area contributed by atoms with E-state index >= 15 is 0 Å². The summed E-state index contributed by atoms with van der Waals surface area (Å²) in [6.07, 6.45) is -0.430. The summed E-state index contributed by atoms with van der Waals surface area (Å²) in [7, 11) is 1.55. The number of carbonyl (C=O) groups excluding carboxylic acids is 3. The summed E-state index contributed by atoms with van der Waals surface area (Å²) in [6.45, 7) is 2.17. The van der Waals surface area contributed by atoms with E-state index < -0.39 is 41.3 Å². The number of hydrogen-bond acceptors (Lipinski definition) is 6. The van der Waals surface area contributed by atoms with Crippen molar-refractivity contribution in [3.05, 3.63) is 28.8 Å². The average molecular weight is 408 g/mol. The summed E-state index contributed by atoms with van der Waals surface area (Å²) < 4.78 is 5.02. The molecular formula is C19H22ClN3O5. The molecule has 28 heavy (non-hydrogen) atoms. The number of rotatable bonds is 5. The molecule has 5 atom stereocenters. The maximum absolute atomic E-state index is 13.3. The average Bonchev–Trinajstić information content (AvgIpc) is 3.23. The van der Waals surface area contributed by atoms with Crippen LogP contribution in [0.5, 0.6) is 0 Å². The maximum atomic E-state index is 13.3. The van der Waals surface area contributed by atoms with Crippen molar-refractivity contribution in [2.24, 2.45) is 11.8 Å². The Kier molecular flexibility index (Phi) is 4.70. The molecule has 1 spiro atoms. The minimum atomic E-state index is -1.44. The second-order valence-electron chi connectivity index (χ2n) is 7.54. The predicted octanol–water partition coefficient (Wildman–Crippen LogP) is 0.478. The van der Waals surface area contributed by atoms with Crippen LogP contribution in [0.15, 0.2) is 18.2 Å². The molecule has 4 rings (SSSR count). The summed E-state index contributed by atoms with van der Waals surface area (Å²) in [5, 5.41) is 16.7. The fourth-order valence-corrected chi connectivity index (χ4v) is 4.94. The smallest absolute Gasteiger partial charge is 0.250 e. The predicted molar refractivity (Wildman–Crippen MR) is 101 cm³/mol. The topological polar surface area (TPSA) is 108 Å². The summed E-state index contributed by atoms with van der Waals surface area (Å²) in [5.74, 6) is -2.97. The first-order chi connectivity index (χ1) is 13.3. The van der Waals surface area contributed by atoms with Gasteiger partial charge in [-0.2, -0.15) is 0 Å². The number of nitrogens with one attached hydrogen (secondary N) is 2. The number of halogens is 1. The first-order valence-corrected chi connectivity index (χ1v) is 9.62. The molecule has 3 heterocycles. The highest BCUT2D eigenvalue weighted by Gasteiger charge is 2.71. The Morgan fingerprint density at radius 1 is 1.32 bits per heavy atom. The standard InChI is InChI=1S/C19H22ClN3O5/c1-9(24)15-13-14(17(26)23(16(13)25)6-3-7-28-2)19(22-15)11-8-10(20)4-5-12(11)21-18(19)27/h4-5,8-9,13-15,22,24H,3,6-7H2,1-2H3,(H,21,27)/t9-,13-,14-,15-,19-/m0/s1. The molecule has 0 aliphatic carbocycles. The third-order valence-corrected chi connectivity index (χ3v) is 6.19. The molecule has 9 heteroatoms. The third-order valence-electron chi connectivity index (χ3n) is 5.95. The van der Waals surface area contributed by atoms with Crippen molar-refractivity contribution in [1.29, 1.82) is 0 Å². The van der Waals surface area contributed by atoms with Crippen LogP contribution in [0.25, 0.3) is 0 Å². The van der Waals surface area contributed by atoms with Crippen LogP contribution >= 0.6 is 11.6 Å². The van der Waals surface area contributed by atoms with Gasteiger partial charge in [0.2, 0.25) is 17.7 Å². The third kappa shape index (κ3) is 2.52. The molecule has 0 aromatic heterocycles. The lowest BCUT2D eigenvalue weighted by atomic mass is 9.76. The second kappa shape index (κ2) is 6.81. The van der Waals surface area contributed by atoms with Gasteiger partial charge < -0.3 is 15.2 Å². The Morgan fingerprint density at radius 2 is 2.07 bits per heavy atom. The van der Waals surface area contributed by atoms with Gasteiger partial charge in [-0.1, -0.05) is 11.6 Å². The van der Waals surface area contributed by atoms with Gasteiger partial charge >= 0.3 is 0 Å². The van der Waals surface area contributed by atoms with Crippen LogP contribution in [0, 0.1) is 11.8 Å². The van der Waals surface area contributed by atoms with Gasteiger partial charge in [0, 0.05) is 42.6 Å². The van der Waals surface area contributed by atoms with Gasteiger partial charge in [-0.05, 0) is 31.5 Å². The van der Waals surface area contributed by atoms with E-state index in [1.165, 1.54) is 4.90 Å². The lowest BCUT2D eigenvalue weighted by molar-refractivity contribution is -0.143. The molecule has 2 saturated heterocycles. The molecule has 150 valence electrons. The molecule has 2 fully saturated rings. The van der Waals surface area contributed by atoms with Crippen LogP contribution in [-0.4, -0.2) is 60.1 Å².